The molecule has 0 bridgehead atoms. The summed E-state index contributed by atoms with van der Waals surface area (Å²) >= 11 is 0. The molecule has 8 aromatic carbocycles. The first-order chi connectivity index (χ1) is 29.3. The normalized spacial score (nSPS) is 14.7. The minimum Gasteiger partial charge on any atom is -0.309 e. The van der Waals surface area contributed by atoms with E-state index in [1.807, 2.05) is 54.6 Å². The largest absolute Gasteiger partial charge is 0.309 e. The average molecular weight is 648 g/mol. The highest BCUT2D eigenvalue weighted by molar-refractivity contribution is 6.12. The topological polar surface area (TPSA) is 9.86 Å². The van der Waals surface area contributed by atoms with Crippen LogP contribution in [-0.2, 0) is 0 Å². The van der Waals surface area contributed by atoms with Gasteiger partial charge in [0.15, 0.2) is 0 Å². The van der Waals surface area contributed by atoms with Crippen molar-refractivity contribution >= 4 is 43.6 Å². The zero-order valence-corrected chi connectivity index (χ0v) is 26.5. The summed E-state index contributed by atoms with van der Waals surface area (Å²) in [6.45, 7) is 0. The summed E-state index contributed by atoms with van der Waals surface area (Å²) in [7, 11) is 0. The van der Waals surface area contributed by atoms with Crippen LogP contribution in [0.25, 0.3) is 88.4 Å². The van der Waals surface area contributed by atoms with Crippen LogP contribution in [0.15, 0.2) is 194 Å². The van der Waals surface area contributed by atoms with E-state index in [1.54, 1.807) is 28.8 Å². The van der Waals surface area contributed by atoms with Gasteiger partial charge in [0.25, 0.3) is 0 Å². The number of hydrogen-bond donors (Lipinski definition) is 0. The Morgan fingerprint density at radius 1 is 0.300 bits per heavy atom. The fourth-order valence-corrected chi connectivity index (χ4v) is 7.05. The minimum atomic E-state index is -0.638. The molecule has 10 aromatic rings. The van der Waals surface area contributed by atoms with E-state index in [9.17, 15) is 2.74 Å². The molecule has 0 unspecified atom stereocenters. The third-order valence-corrected chi connectivity index (χ3v) is 9.37. The lowest BCUT2D eigenvalue weighted by Gasteiger charge is -2.11. The van der Waals surface area contributed by atoms with Gasteiger partial charge in [0, 0.05) is 32.9 Å². The minimum absolute atomic E-state index is 0.0752. The number of benzene rings is 8. The van der Waals surface area contributed by atoms with Crippen molar-refractivity contribution < 1.29 is 15.1 Å². The van der Waals surface area contributed by atoms with Crippen molar-refractivity contribution in [3.05, 3.63) is 194 Å². The Morgan fingerprint density at radius 3 is 1.40 bits per heavy atom. The Kier molecular flexibility index (Phi) is 4.46. The molecule has 0 radical (unpaired) electrons. The highest BCUT2D eigenvalue weighted by atomic mass is 15.0. The summed E-state index contributed by atoms with van der Waals surface area (Å²) in [4.78, 5) is 0. The molecule has 2 nitrogen and oxygen atoms in total. The van der Waals surface area contributed by atoms with Crippen LogP contribution in [0.1, 0.15) is 15.1 Å². The molecule has 10 rings (SSSR count). The van der Waals surface area contributed by atoms with Gasteiger partial charge in [-0.3, -0.25) is 0 Å². The lowest BCUT2D eigenvalue weighted by Crippen LogP contribution is -1.94. The predicted molar refractivity (Wildman–Crippen MR) is 211 cm³/mol. The van der Waals surface area contributed by atoms with Gasteiger partial charge < -0.3 is 9.13 Å². The second-order valence-electron chi connectivity index (χ2n) is 12.2. The standard InChI is InChI=1S/C48H32N2/c1-3-11-33(12-4-1)35-19-25-39(26-20-35)49-45-17-9-7-15-41(45)43-31-37(23-29-47(43)49)38-24-30-48-44(32-38)42-16-8-10-18-46(42)50(48)40-27-21-36(22-28-40)34-13-5-2-6-14-34/h1-32H/i1D,3D,4D,7D,8D,11D,12D,19D,20D,25D,26D. The molecule has 2 heteroatoms. The number of nitrogens with zero attached hydrogens (tertiary/aromatic N) is 2. The Balaban J connectivity index is 1.14. The van der Waals surface area contributed by atoms with Crippen LogP contribution in [0, 0.1) is 0 Å². The highest BCUT2D eigenvalue weighted by Gasteiger charge is 2.16. The van der Waals surface area contributed by atoms with Crippen molar-refractivity contribution in [2.75, 3.05) is 0 Å². The molecule has 234 valence electrons. The molecule has 0 aliphatic heterocycles. The third kappa shape index (κ3) is 4.57. The number of fused-ring (bicyclic) bond motifs is 6. The van der Waals surface area contributed by atoms with E-state index in [0.717, 1.165) is 49.7 Å². The van der Waals surface area contributed by atoms with Gasteiger partial charge >= 0.3 is 0 Å². The van der Waals surface area contributed by atoms with Gasteiger partial charge in [-0.25, -0.2) is 0 Å². The number of aromatic nitrogens is 2. The van der Waals surface area contributed by atoms with E-state index in [-0.39, 0.29) is 17.3 Å². The monoisotopic (exact) mass is 647 g/mol. The van der Waals surface area contributed by atoms with Gasteiger partial charge in [-0.15, -0.1) is 0 Å². The molecule has 50 heavy (non-hydrogen) atoms. The van der Waals surface area contributed by atoms with Crippen LogP contribution in [-0.4, -0.2) is 9.13 Å². The van der Waals surface area contributed by atoms with Gasteiger partial charge in [-0.05, 0) is 94.0 Å². The second-order valence-corrected chi connectivity index (χ2v) is 12.2. The number of para-hydroxylation sites is 2. The molecular formula is C48H32N2. The van der Waals surface area contributed by atoms with Crippen LogP contribution in [0.2, 0.25) is 0 Å². The predicted octanol–water partition coefficient (Wildman–Crippen LogP) is 12.9. The Bertz CT molecular complexity index is 3420. The lowest BCUT2D eigenvalue weighted by molar-refractivity contribution is 1.18. The van der Waals surface area contributed by atoms with Crippen LogP contribution in [0.4, 0.5) is 0 Å². The van der Waals surface area contributed by atoms with Crippen molar-refractivity contribution in [2.45, 2.75) is 0 Å². The number of hydrogen-bond acceptors (Lipinski definition) is 0. The van der Waals surface area contributed by atoms with E-state index in [1.165, 1.54) is 0 Å². The molecule has 0 aliphatic carbocycles. The van der Waals surface area contributed by atoms with E-state index >= 15 is 0 Å². The maximum atomic E-state index is 9.21. The zero-order valence-electron chi connectivity index (χ0n) is 37.5. The molecule has 0 atom stereocenters. The molecule has 2 heterocycles. The average Bonchev–Trinajstić information content (AvgIpc) is 3.76. The third-order valence-electron chi connectivity index (χ3n) is 9.37. The van der Waals surface area contributed by atoms with Crippen LogP contribution >= 0.6 is 0 Å². The van der Waals surface area contributed by atoms with Gasteiger partial charge in [0.05, 0.1) is 37.1 Å². The molecule has 0 aliphatic rings. The Morgan fingerprint density at radius 2 is 0.800 bits per heavy atom. The van der Waals surface area contributed by atoms with E-state index in [2.05, 4.69) is 53.1 Å². The molecule has 0 N–H and O–H groups in total. The van der Waals surface area contributed by atoms with Crippen LogP contribution in [0.3, 0.4) is 0 Å². The first-order valence-corrected chi connectivity index (χ1v) is 16.3. The summed E-state index contributed by atoms with van der Waals surface area (Å²) in [5.41, 5.74) is 7.17. The smallest absolute Gasteiger partial charge is 0.0645 e. The molecule has 0 fully saturated rings. The lowest BCUT2D eigenvalue weighted by atomic mass is 10.0. The Labute approximate surface area is 306 Å². The van der Waals surface area contributed by atoms with E-state index in [0.29, 0.717) is 27.8 Å². The summed E-state index contributed by atoms with van der Waals surface area (Å²) in [6, 6.07) is 36.8. The van der Waals surface area contributed by atoms with E-state index < -0.39 is 59.9 Å². The van der Waals surface area contributed by atoms with Crippen LogP contribution < -0.4 is 0 Å². The van der Waals surface area contributed by atoms with E-state index in [4.69, 9.17) is 12.3 Å². The van der Waals surface area contributed by atoms with Crippen molar-refractivity contribution in [1.29, 1.82) is 0 Å². The zero-order chi connectivity index (χ0) is 42.6. The molecule has 2 aromatic heterocycles. The second kappa shape index (κ2) is 11.5. The fourth-order valence-electron chi connectivity index (χ4n) is 7.05. The summed E-state index contributed by atoms with van der Waals surface area (Å²) in [5, 5.41) is 3.27. The summed E-state index contributed by atoms with van der Waals surface area (Å²) in [6.07, 6.45) is 0. The van der Waals surface area contributed by atoms with Crippen molar-refractivity contribution in [3.8, 4) is 44.8 Å². The van der Waals surface area contributed by atoms with Gasteiger partial charge in [-0.2, -0.15) is 0 Å². The van der Waals surface area contributed by atoms with Crippen molar-refractivity contribution in [2.24, 2.45) is 0 Å². The van der Waals surface area contributed by atoms with Crippen LogP contribution in [0.5, 0.6) is 0 Å². The van der Waals surface area contributed by atoms with Crippen molar-refractivity contribution in [1.82, 2.24) is 9.13 Å². The fraction of sp³-hybridized carbons (Fsp3) is 0. The maximum Gasteiger partial charge on any atom is 0.0645 e. The van der Waals surface area contributed by atoms with Gasteiger partial charge in [-0.1, -0.05) is 133 Å². The first-order valence-electron chi connectivity index (χ1n) is 21.8. The molecule has 0 saturated carbocycles. The summed E-state index contributed by atoms with van der Waals surface area (Å²) in [5.74, 6) is 0. The SMILES string of the molecule is [2H]c1ccc2c(c1)c1cc(-c3ccc4c(c3)c3cc([2H])ccc3n4-c3c([2H])c([2H])c(-c4c([2H])c([2H])c([2H])c([2H])c4[2H])c([2H])c3[2H])ccc1n2-c1ccc(-c2ccccc2)cc1. The summed E-state index contributed by atoms with van der Waals surface area (Å²) < 4.78 is 98.7. The number of rotatable bonds is 5. The van der Waals surface area contributed by atoms with Gasteiger partial charge in [0.2, 0.25) is 0 Å². The molecule has 0 spiro atoms. The molecular weight excluding hydrogens is 605 g/mol. The maximum absolute atomic E-state index is 9.21. The Hall–Kier alpha value is -6.64. The van der Waals surface area contributed by atoms with Gasteiger partial charge in [0.1, 0.15) is 0 Å². The van der Waals surface area contributed by atoms with Crippen molar-refractivity contribution in [3.63, 3.8) is 0 Å². The highest BCUT2D eigenvalue weighted by Crippen LogP contribution is 2.38. The first kappa shape index (κ1) is 19.4. The molecule has 0 saturated heterocycles. The quantitative estimate of drug-likeness (QED) is 0.176. The molecule has 0 amide bonds.